The first kappa shape index (κ1) is 19.2. The fourth-order valence-electron chi connectivity index (χ4n) is 2.64. The van der Waals surface area contributed by atoms with Gasteiger partial charge in [-0.05, 0) is 37.6 Å². The molecule has 0 aliphatic rings. The van der Waals surface area contributed by atoms with Crippen molar-refractivity contribution in [2.24, 2.45) is 0 Å². The second-order valence-electron chi connectivity index (χ2n) is 6.08. The van der Waals surface area contributed by atoms with Crippen molar-refractivity contribution in [3.8, 4) is 11.6 Å². The summed E-state index contributed by atoms with van der Waals surface area (Å²) < 4.78 is 12.5. The minimum atomic E-state index is -0.0900. The van der Waals surface area contributed by atoms with Gasteiger partial charge in [-0.3, -0.25) is 9.36 Å². The van der Waals surface area contributed by atoms with Crippen molar-refractivity contribution in [2.45, 2.75) is 25.5 Å². The van der Waals surface area contributed by atoms with Gasteiger partial charge >= 0.3 is 0 Å². The summed E-state index contributed by atoms with van der Waals surface area (Å²) in [6.07, 6.45) is 1.59. The van der Waals surface area contributed by atoms with E-state index in [0.717, 1.165) is 16.8 Å². The van der Waals surface area contributed by atoms with E-state index in [9.17, 15) is 4.79 Å². The first-order chi connectivity index (χ1) is 13.1. The molecule has 2 aromatic heterocycles. The molecule has 0 saturated heterocycles. The molecule has 27 heavy (non-hydrogen) atoms. The van der Waals surface area contributed by atoms with Crippen LogP contribution in [0.15, 0.2) is 46.2 Å². The highest BCUT2D eigenvalue weighted by Gasteiger charge is 2.17. The quantitative estimate of drug-likeness (QED) is 0.597. The van der Waals surface area contributed by atoms with E-state index < -0.39 is 0 Å². The molecular formula is C19H22N4O3S. The van der Waals surface area contributed by atoms with E-state index in [1.807, 2.05) is 42.7 Å². The summed E-state index contributed by atoms with van der Waals surface area (Å²) in [6.45, 7) is 5.08. The van der Waals surface area contributed by atoms with Gasteiger partial charge in [0.1, 0.15) is 0 Å². The maximum atomic E-state index is 12.4. The second-order valence-corrected chi connectivity index (χ2v) is 7.03. The van der Waals surface area contributed by atoms with Gasteiger partial charge in [0.2, 0.25) is 11.7 Å². The number of anilines is 1. The van der Waals surface area contributed by atoms with Crippen LogP contribution >= 0.6 is 11.8 Å². The van der Waals surface area contributed by atoms with Crippen molar-refractivity contribution in [1.29, 1.82) is 0 Å². The Morgan fingerprint density at radius 3 is 2.85 bits per heavy atom. The van der Waals surface area contributed by atoms with Crippen LogP contribution in [0.3, 0.4) is 0 Å². The largest absolute Gasteiger partial charge is 0.461 e. The van der Waals surface area contributed by atoms with Gasteiger partial charge in [0, 0.05) is 12.8 Å². The number of aryl methyl sites for hydroxylation is 2. The molecule has 0 unspecified atom stereocenters. The third kappa shape index (κ3) is 4.78. The Morgan fingerprint density at radius 2 is 2.15 bits per heavy atom. The highest BCUT2D eigenvalue weighted by Crippen LogP contribution is 2.24. The van der Waals surface area contributed by atoms with E-state index in [0.29, 0.717) is 29.9 Å². The van der Waals surface area contributed by atoms with Gasteiger partial charge in [-0.15, -0.1) is 10.2 Å². The van der Waals surface area contributed by atoms with Crippen LogP contribution in [-0.4, -0.2) is 40.1 Å². The SMILES string of the molecule is COCCn1c(SCC(=O)Nc2ccc(C)cc2C)nnc1-c1ccco1. The molecule has 1 N–H and O–H groups in total. The molecular weight excluding hydrogens is 364 g/mol. The van der Waals surface area contributed by atoms with E-state index in [-0.39, 0.29) is 11.7 Å². The molecule has 0 fully saturated rings. The molecule has 3 rings (SSSR count). The van der Waals surface area contributed by atoms with E-state index >= 15 is 0 Å². The number of benzene rings is 1. The Bertz CT molecular complexity index is 906. The van der Waals surface area contributed by atoms with E-state index in [4.69, 9.17) is 9.15 Å². The zero-order valence-corrected chi connectivity index (χ0v) is 16.4. The van der Waals surface area contributed by atoms with Gasteiger partial charge in [-0.1, -0.05) is 29.5 Å². The minimum absolute atomic E-state index is 0.0900. The smallest absolute Gasteiger partial charge is 0.234 e. The van der Waals surface area contributed by atoms with Crippen LogP contribution in [0.1, 0.15) is 11.1 Å². The lowest BCUT2D eigenvalue weighted by atomic mass is 10.1. The zero-order valence-electron chi connectivity index (χ0n) is 15.6. The number of nitrogens with one attached hydrogen (secondary N) is 1. The number of hydrogen-bond acceptors (Lipinski definition) is 6. The summed E-state index contributed by atoms with van der Waals surface area (Å²) >= 11 is 1.33. The Morgan fingerprint density at radius 1 is 1.30 bits per heavy atom. The molecule has 1 amide bonds. The molecule has 0 saturated carbocycles. The zero-order chi connectivity index (χ0) is 19.2. The van der Waals surface area contributed by atoms with Crippen molar-refractivity contribution in [1.82, 2.24) is 14.8 Å². The predicted octanol–water partition coefficient (Wildman–Crippen LogP) is 3.53. The lowest BCUT2D eigenvalue weighted by Crippen LogP contribution is -2.16. The van der Waals surface area contributed by atoms with Crippen LogP contribution in [0.5, 0.6) is 0 Å². The maximum absolute atomic E-state index is 12.4. The Balaban J connectivity index is 1.68. The van der Waals surface area contributed by atoms with E-state index in [2.05, 4.69) is 15.5 Å². The van der Waals surface area contributed by atoms with Gasteiger partial charge in [0.25, 0.3) is 0 Å². The van der Waals surface area contributed by atoms with E-state index in [1.54, 1.807) is 19.4 Å². The Kier molecular flexibility index (Phi) is 6.31. The first-order valence-electron chi connectivity index (χ1n) is 8.54. The average Bonchev–Trinajstić information content (AvgIpc) is 3.30. The molecule has 1 aromatic carbocycles. The number of hydrogen-bond donors (Lipinski definition) is 1. The molecule has 8 heteroatoms. The van der Waals surface area contributed by atoms with Gasteiger partial charge < -0.3 is 14.5 Å². The number of ether oxygens (including phenoxy) is 1. The average molecular weight is 386 g/mol. The van der Waals surface area contributed by atoms with Gasteiger partial charge in [0.15, 0.2) is 10.9 Å². The summed E-state index contributed by atoms with van der Waals surface area (Å²) in [5, 5.41) is 12.0. The molecule has 0 aliphatic heterocycles. The second kappa shape index (κ2) is 8.88. The molecule has 2 heterocycles. The summed E-state index contributed by atoms with van der Waals surface area (Å²) in [4.78, 5) is 12.4. The van der Waals surface area contributed by atoms with Crippen LogP contribution in [0.4, 0.5) is 5.69 Å². The minimum Gasteiger partial charge on any atom is -0.461 e. The Hall–Kier alpha value is -2.58. The van der Waals surface area contributed by atoms with Gasteiger partial charge in [0.05, 0.1) is 25.2 Å². The van der Waals surface area contributed by atoms with Crippen LogP contribution in [0, 0.1) is 13.8 Å². The number of carbonyl (C=O) groups excluding carboxylic acids is 1. The van der Waals surface area contributed by atoms with Crippen LogP contribution in [0.2, 0.25) is 0 Å². The van der Waals surface area contributed by atoms with Crippen molar-refractivity contribution >= 4 is 23.4 Å². The van der Waals surface area contributed by atoms with Crippen molar-refractivity contribution in [3.63, 3.8) is 0 Å². The van der Waals surface area contributed by atoms with Crippen LogP contribution < -0.4 is 5.32 Å². The maximum Gasteiger partial charge on any atom is 0.234 e. The lowest BCUT2D eigenvalue weighted by Gasteiger charge is -2.10. The number of carbonyl (C=O) groups is 1. The molecule has 0 atom stereocenters. The third-order valence-corrected chi connectivity index (χ3v) is 4.93. The standard InChI is InChI=1S/C19H22N4O3S/c1-13-6-7-15(14(2)11-13)20-17(24)12-27-19-22-21-18(16-5-4-9-26-16)23(19)8-10-25-3/h4-7,9,11H,8,10,12H2,1-3H3,(H,20,24). The lowest BCUT2D eigenvalue weighted by molar-refractivity contribution is -0.113. The Labute approximate surface area is 162 Å². The van der Waals surface area contributed by atoms with Crippen LogP contribution in [-0.2, 0) is 16.1 Å². The first-order valence-corrected chi connectivity index (χ1v) is 9.53. The highest BCUT2D eigenvalue weighted by molar-refractivity contribution is 7.99. The number of furan rings is 1. The molecule has 7 nitrogen and oxygen atoms in total. The third-order valence-electron chi connectivity index (χ3n) is 3.97. The van der Waals surface area contributed by atoms with Crippen LogP contribution in [0.25, 0.3) is 11.6 Å². The number of aromatic nitrogens is 3. The highest BCUT2D eigenvalue weighted by atomic mass is 32.2. The fraction of sp³-hybridized carbons (Fsp3) is 0.316. The van der Waals surface area contributed by atoms with E-state index in [1.165, 1.54) is 11.8 Å². The monoisotopic (exact) mass is 386 g/mol. The van der Waals surface area contributed by atoms with Crippen molar-refractivity contribution in [3.05, 3.63) is 47.7 Å². The summed E-state index contributed by atoms with van der Waals surface area (Å²) in [7, 11) is 1.64. The van der Waals surface area contributed by atoms with Crippen molar-refractivity contribution in [2.75, 3.05) is 24.8 Å². The fourth-order valence-corrected chi connectivity index (χ4v) is 3.40. The summed E-state index contributed by atoms with van der Waals surface area (Å²) in [5.41, 5.74) is 3.02. The normalized spacial score (nSPS) is 10.9. The summed E-state index contributed by atoms with van der Waals surface area (Å²) in [5.74, 6) is 1.39. The van der Waals surface area contributed by atoms with Gasteiger partial charge in [-0.2, -0.15) is 0 Å². The molecule has 3 aromatic rings. The number of amides is 1. The number of methoxy groups -OCH3 is 1. The molecule has 0 bridgehead atoms. The van der Waals surface area contributed by atoms with Gasteiger partial charge in [-0.25, -0.2) is 0 Å². The molecule has 0 spiro atoms. The topological polar surface area (TPSA) is 82.2 Å². The summed E-state index contributed by atoms with van der Waals surface area (Å²) in [6, 6.07) is 9.57. The predicted molar refractivity (Wildman–Crippen MR) is 105 cm³/mol. The number of thioether (sulfide) groups is 1. The molecule has 0 radical (unpaired) electrons. The molecule has 142 valence electrons. The number of nitrogens with zero attached hydrogens (tertiary/aromatic N) is 3. The van der Waals surface area contributed by atoms with Crippen molar-refractivity contribution < 1.29 is 13.9 Å². The molecule has 0 aliphatic carbocycles. The number of rotatable bonds is 8.